The molecule has 1 aromatic heterocycles. The third kappa shape index (κ3) is 5.31. The molecule has 26 heavy (non-hydrogen) atoms. The standard InChI is InChI=1S/C20H30N4O2/c1-4-13-23(14-5-2)20(26)15-24-18-10-7-6-9-17(18)22-19(24)11-8-12-21-16(3)25/h6-7,9-10H,4-5,8,11-15H2,1-3H3,(H,21,25). The van der Waals surface area contributed by atoms with E-state index in [-0.39, 0.29) is 11.8 Å². The first kappa shape index (κ1) is 19.9. The van der Waals surface area contributed by atoms with E-state index in [2.05, 4.69) is 19.2 Å². The van der Waals surface area contributed by atoms with Gasteiger partial charge in [-0.1, -0.05) is 26.0 Å². The maximum Gasteiger partial charge on any atom is 0.242 e. The van der Waals surface area contributed by atoms with Crippen LogP contribution in [0.2, 0.25) is 0 Å². The number of hydrogen-bond acceptors (Lipinski definition) is 3. The fourth-order valence-corrected chi connectivity index (χ4v) is 3.14. The maximum absolute atomic E-state index is 12.8. The Hall–Kier alpha value is -2.37. The molecule has 0 aliphatic rings. The molecule has 0 saturated carbocycles. The van der Waals surface area contributed by atoms with Gasteiger partial charge in [0.2, 0.25) is 11.8 Å². The van der Waals surface area contributed by atoms with E-state index in [0.29, 0.717) is 13.1 Å². The minimum Gasteiger partial charge on any atom is -0.356 e. The number of fused-ring (bicyclic) bond motifs is 1. The van der Waals surface area contributed by atoms with E-state index in [9.17, 15) is 9.59 Å². The van der Waals surface area contributed by atoms with Gasteiger partial charge in [-0.25, -0.2) is 4.98 Å². The summed E-state index contributed by atoms with van der Waals surface area (Å²) < 4.78 is 2.03. The van der Waals surface area contributed by atoms with Gasteiger partial charge in [0.25, 0.3) is 0 Å². The molecule has 0 unspecified atom stereocenters. The van der Waals surface area contributed by atoms with Gasteiger partial charge in [0, 0.05) is 33.0 Å². The molecule has 0 atom stereocenters. The number of amides is 2. The molecule has 0 fully saturated rings. The second kappa shape index (κ2) is 9.94. The third-order valence-electron chi connectivity index (χ3n) is 4.32. The van der Waals surface area contributed by atoms with Gasteiger partial charge in [-0.2, -0.15) is 0 Å². The molecule has 142 valence electrons. The highest BCUT2D eigenvalue weighted by Gasteiger charge is 2.17. The van der Waals surface area contributed by atoms with Crippen molar-refractivity contribution in [2.75, 3.05) is 19.6 Å². The number of aryl methyl sites for hydroxylation is 1. The summed E-state index contributed by atoms with van der Waals surface area (Å²) in [5.41, 5.74) is 1.90. The number of imidazole rings is 1. The highest BCUT2D eigenvalue weighted by atomic mass is 16.2. The summed E-state index contributed by atoms with van der Waals surface area (Å²) in [6, 6.07) is 7.92. The number of rotatable bonds is 10. The predicted octanol–water partition coefficient (Wildman–Crippen LogP) is 2.75. The van der Waals surface area contributed by atoms with Gasteiger partial charge in [0.1, 0.15) is 12.4 Å². The lowest BCUT2D eigenvalue weighted by atomic mass is 10.2. The molecule has 2 amide bonds. The average Bonchev–Trinajstić information content (AvgIpc) is 2.96. The van der Waals surface area contributed by atoms with Crippen molar-refractivity contribution in [1.29, 1.82) is 0 Å². The Kier molecular flexibility index (Phi) is 7.63. The van der Waals surface area contributed by atoms with Crippen LogP contribution in [0.1, 0.15) is 45.9 Å². The van der Waals surface area contributed by atoms with Crippen molar-refractivity contribution >= 4 is 22.8 Å². The zero-order chi connectivity index (χ0) is 18.9. The van der Waals surface area contributed by atoms with E-state index in [1.165, 1.54) is 6.92 Å². The van der Waals surface area contributed by atoms with Crippen LogP contribution in [0.3, 0.4) is 0 Å². The molecule has 6 heteroatoms. The Morgan fingerprint density at radius 2 is 1.85 bits per heavy atom. The van der Waals surface area contributed by atoms with Crippen molar-refractivity contribution in [3.63, 3.8) is 0 Å². The van der Waals surface area contributed by atoms with Crippen molar-refractivity contribution in [1.82, 2.24) is 19.8 Å². The van der Waals surface area contributed by atoms with Crippen molar-refractivity contribution in [3.8, 4) is 0 Å². The van der Waals surface area contributed by atoms with Crippen LogP contribution < -0.4 is 5.32 Å². The first-order chi connectivity index (χ1) is 12.6. The molecule has 2 aromatic rings. The van der Waals surface area contributed by atoms with Crippen LogP contribution in [0.15, 0.2) is 24.3 Å². The summed E-state index contributed by atoms with van der Waals surface area (Å²) >= 11 is 0. The van der Waals surface area contributed by atoms with Crippen LogP contribution in [0, 0.1) is 0 Å². The SMILES string of the molecule is CCCN(CCC)C(=O)Cn1c(CCCNC(C)=O)nc2ccccc21. The molecule has 0 aliphatic heterocycles. The average molecular weight is 358 g/mol. The number of benzene rings is 1. The van der Waals surface area contributed by atoms with E-state index >= 15 is 0 Å². The zero-order valence-electron chi connectivity index (χ0n) is 16.1. The second-order valence-electron chi connectivity index (χ2n) is 6.57. The van der Waals surface area contributed by atoms with Crippen LogP contribution in [0.4, 0.5) is 0 Å². The molecule has 0 aliphatic carbocycles. The number of para-hydroxylation sites is 2. The molecular formula is C20H30N4O2. The molecule has 2 rings (SSSR count). The molecule has 0 radical (unpaired) electrons. The van der Waals surface area contributed by atoms with E-state index in [4.69, 9.17) is 4.98 Å². The minimum atomic E-state index is -0.0246. The quantitative estimate of drug-likeness (QED) is 0.664. The summed E-state index contributed by atoms with van der Waals surface area (Å²) in [5.74, 6) is 1.02. The summed E-state index contributed by atoms with van der Waals surface area (Å²) in [4.78, 5) is 30.5. The number of nitrogens with zero attached hydrogens (tertiary/aromatic N) is 3. The fourth-order valence-electron chi connectivity index (χ4n) is 3.14. The first-order valence-corrected chi connectivity index (χ1v) is 9.53. The second-order valence-corrected chi connectivity index (χ2v) is 6.57. The minimum absolute atomic E-state index is 0.0246. The van der Waals surface area contributed by atoms with Crippen LogP contribution >= 0.6 is 0 Å². The largest absolute Gasteiger partial charge is 0.356 e. The van der Waals surface area contributed by atoms with Gasteiger partial charge < -0.3 is 14.8 Å². The van der Waals surface area contributed by atoms with Crippen molar-refractivity contribution in [2.45, 2.75) is 53.0 Å². The zero-order valence-corrected chi connectivity index (χ0v) is 16.1. The summed E-state index contributed by atoms with van der Waals surface area (Å²) in [7, 11) is 0. The van der Waals surface area contributed by atoms with E-state index < -0.39 is 0 Å². The molecule has 0 spiro atoms. The lowest BCUT2D eigenvalue weighted by molar-refractivity contribution is -0.131. The smallest absolute Gasteiger partial charge is 0.242 e. The first-order valence-electron chi connectivity index (χ1n) is 9.53. The molecule has 0 bridgehead atoms. The van der Waals surface area contributed by atoms with Crippen LogP contribution in [0.5, 0.6) is 0 Å². The third-order valence-corrected chi connectivity index (χ3v) is 4.32. The Morgan fingerprint density at radius 3 is 2.50 bits per heavy atom. The molecule has 1 aromatic carbocycles. The topological polar surface area (TPSA) is 67.2 Å². The molecule has 6 nitrogen and oxygen atoms in total. The summed E-state index contributed by atoms with van der Waals surface area (Å²) in [6.07, 6.45) is 3.44. The van der Waals surface area contributed by atoms with Gasteiger partial charge >= 0.3 is 0 Å². The predicted molar refractivity (Wildman–Crippen MR) is 104 cm³/mol. The van der Waals surface area contributed by atoms with E-state index in [0.717, 1.165) is 55.6 Å². The van der Waals surface area contributed by atoms with E-state index in [1.807, 2.05) is 33.7 Å². The summed E-state index contributed by atoms with van der Waals surface area (Å²) in [6.45, 7) is 8.21. The van der Waals surface area contributed by atoms with Crippen molar-refractivity contribution in [3.05, 3.63) is 30.1 Å². The van der Waals surface area contributed by atoms with E-state index in [1.54, 1.807) is 0 Å². The Bertz CT molecular complexity index is 732. The maximum atomic E-state index is 12.8. The van der Waals surface area contributed by atoms with Gasteiger partial charge in [-0.15, -0.1) is 0 Å². The number of carbonyl (C=O) groups excluding carboxylic acids is 2. The Balaban J connectivity index is 2.18. The number of carbonyl (C=O) groups is 2. The van der Waals surface area contributed by atoms with Crippen LogP contribution in [-0.2, 0) is 22.6 Å². The lowest BCUT2D eigenvalue weighted by Gasteiger charge is -2.22. The van der Waals surface area contributed by atoms with Crippen LogP contribution in [0.25, 0.3) is 11.0 Å². The van der Waals surface area contributed by atoms with Gasteiger partial charge in [-0.05, 0) is 31.4 Å². The van der Waals surface area contributed by atoms with Gasteiger partial charge in [0.15, 0.2) is 0 Å². The summed E-state index contributed by atoms with van der Waals surface area (Å²) in [5, 5.41) is 2.81. The Labute approximate surface area is 155 Å². The Morgan fingerprint density at radius 1 is 1.15 bits per heavy atom. The normalized spacial score (nSPS) is 10.9. The van der Waals surface area contributed by atoms with Crippen LogP contribution in [-0.4, -0.2) is 45.9 Å². The number of hydrogen-bond donors (Lipinski definition) is 1. The van der Waals surface area contributed by atoms with Gasteiger partial charge in [0.05, 0.1) is 11.0 Å². The molecule has 1 N–H and O–H groups in total. The van der Waals surface area contributed by atoms with Gasteiger partial charge in [-0.3, -0.25) is 9.59 Å². The van der Waals surface area contributed by atoms with Crippen molar-refractivity contribution in [2.24, 2.45) is 0 Å². The highest BCUT2D eigenvalue weighted by Crippen LogP contribution is 2.17. The van der Waals surface area contributed by atoms with Crippen molar-refractivity contribution < 1.29 is 9.59 Å². The highest BCUT2D eigenvalue weighted by molar-refractivity contribution is 5.81. The number of nitrogens with one attached hydrogen (secondary N) is 1. The number of aromatic nitrogens is 2. The monoisotopic (exact) mass is 358 g/mol. The molecule has 1 heterocycles. The lowest BCUT2D eigenvalue weighted by Crippen LogP contribution is -2.35. The molecular weight excluding hydrogens is 328 g/mol. The fraction of sp³-hybridized carbons (Fsp3) is 0.550. The molecule has 0 saturated heterocycles.